The van der Waals surface area contributed by atoms with Crippen molar-refractivity contribution in [1.82, 2.24) is 10.3 Å². The van der Waals surface area contributed by atoms with Gasteiger partial charge in [0.25, 0.3) is 0 Å². The molecule has 0 aliphatic rings. The average molecular weight is 238 g/mol. The summed E-state index contributed by atoms with van der Waals surface area (Å²) < 4.78 is 10.3. The van der Waals surface area contributed by atoms with Crippen LogP contribution in [0.15, 0.2) is 12.1 Å². The number of aromatic nitrogens is 1. The van der Waals surface area contributed by atoms with Crippen LogP contribution in [0, 0.1) is 12.8 Å². The van der Waals surface area contributed by atoms with Crippen molar-refractivity contribution in [3.05, 3.63) is 23.5 Å². The zero-order valence-corrected chi connectivity index (χ0v) is 11.1. The topological polar surface area (TPSA) is 43.4 Å². The summed E-state index contributed by atoms with van der Waals surface area (Å²) in [5.41, 5.74) is 1.98. The number of hydrogen-bond donors (Lipinski definition) is 1. The van der Waals surface area contributed by atoms with E-state index in [1.807, 2.05) is 19.1 Å². The molecule has 0 aromatic carbocycles. The van der Waals surface area contributed by atoms with E-state index in [0.717, 1.165) is 36.8 Å². The van der Waals surface area contributed by atoms with Gasteiger partial charge < -0.3 is 14.8 Å². The third-order valence-electron chi connectivity index (χ3n) is 2.47. The first-order valence-corrected chi connectivity index (χ1v) is 5.87. The highest BCUT2D eigenvalue weighted by atomic mass is 16.5. The molecule has 1 aromatic rings. The summed E-state index contributed by atoms with van der Waals surface area (Å²) in [7, 11) is 3.40. The molecule has 1 unspecified atom stereocenters. The quantitative estimate of drug-likeness (QED) is 0.786. The molecule has 0 fully saturated rings. The second-order valence-corrected chi connectivity index (χ2v) is 4.33. The van der Waals surface area contributed by atoms with Gasteiger partial charge in [-0.2, -0.15) is 0 Å². The second kappa shape index (κ2) is 7.25. The fourth-order valence-corrected chi connectivity index (χ4v) is 1.70. The molecule has 0 saturated heterocycles. The molecule has 17 heavy (non-hydrogen) atoms. The largest absolute Gasteiger partial charge is 0.497 e. The SMILES string of the molecule is COCC(C)CNCc1cc(OC)cc(C)n1. The number of nitrogens with zero attached hydrogens (tertiary/aromatic N) is 1. The lowest BCUT2D eigenvalue weighted by Gasteiger charge is -2.12. The molecule has 4 nitrogen and oxygen atoms in total. The Balaban J connectivity index is 2.43. The molecule has 0 aliphatic heterocycles. The number of hydrogen-bond acceptors (Lipinski definition) is 4. The Morgan fingerprint density at radius 2 is 2.12 bits per heavy atom. The number of nitrogens with one attached hydrogen (secondary N) is 1. The van der Waals surface area contributed by atoms with Gasteiger partial charge >= 0.3 is 0 Å². The average Bonchev–Trinajstić information content (AvgIpc) is 2.28. The van der Waals surface area contributed by atoms with Crippen molar-refractivity contribution in [2.45, 2.75) is 20.4 Å². The van der Waals surface area contributed by atoms with E-state index in [4.69, 9.17) is 9.47 Å². The van der Waals surface area contributed by atoms with Crippen LogP contribution in [-0.2, 0) is 11.3 Å². The second-order valence-electron chi connectivity index (χ2n) is 4.33. The summed E-state index contributed by atoms with van der Waals surface area (Å²) >= 11 is 0. The third-order valence-corrected chi connectivity index (χ3v) is 2.47. The number of rotatable bonds is 7. The molecule has 1 heterocycles. The molecule has 1 rings (SSSR count). The van der Waals surface area contributed by atoms with Crippen LogP contribution < -0.4 is 10.1 Å². The van der Waals surface area contributed by atoms with Crippen molar-refractivity contribution in [3.63, 3.8) is 0 Å². The monoisotopic (exact) mass is 238 g/mol. The van der Waals surface area contributed by atoms with Gasteiger partial charge in [0.15, 0.2) is 0 Å². The lowest BCUT2D eigenvalue weighted by molar-refractivity contribution is 0.158. The van der Waals surface area contributed by atoms with E-state index in [1.54, 1.807) is 14.2 Å². The number of ether oxygens (including phenoxy) is 2. The Bertz CT molecular complexity index is 342. The smallest absolute Gasteiger partial charge is 0.122 e. The Morgan fingerprint density at radius 1 is 1.35 bits per heavy atom. The zero-order chi connectivity index (χ0) is 12.7. The Hall–Kier alpha value is -1.13. The molecule has 4 heteroatoms. The van der Waals surface area contributed by atoms with Gasteiger partial charge in [-0.15, -0.1) is 0 Å². The molecule has 96 valence electrons. The van der Waals surface area contributed by atoms with Crippen LogP contribution in [0.5, 0.6) is 5.75 Å². The van der Waals surface area contributed by atoms with E-state index in [-0.39, 0.29) is 0 Å². The van der Waals surface area contributed by atoms with E-state index >= 15 is 0 Å². The normalized spacial score (nSPS) is 12.5. The molecular formula is C13H22N2O2. The molecule has 0 radical (unpaired) electrons. The minimum absolute atomic E-state index is 0.506. The van der Waals surface area contributed by atoms with Gasteiger partial charge in [0.05, 0.1) is 12.8 Å². The summed E-state index contributed by atoms with van der Waals surface area (Å²) in [4.78, 5) is 4.45. The highest BCUT2D eigenvalue weighted by Crippen LogP contribution is 2.13. The number of pyridine rings is 1. The lowest BCUT2D eigenvalue weighted by Crippen LogP contribution is -2.23. The van der Waals surface area contributed by atoms with Crippen molar-refractivity contribution >= 4 is 0 Å². The van der Waals surface area contributed by atoms with E-state index in [9.17, 15) is 0 Å². The summed E-state index contributed by atoms with van der Waals surface area (Å²) in [6, 6.07) is 3.89. The van der Waals surface area contributed by atoms with Crippen LogP contribution in [0.4, 0.5) is 0 Å². The first-order chi connectivity index (χ1) is 8.15. The molecule has 1 N–H and O–H groups in total. The summed E-state index contributed by atoms with van der Waals surface area (Å²) in [6.45, 7) is 6.58. The van der Waals surface area contributed by atoms with Gasteiger partial charge in [-0.25, -0.2) is 0 Å². The standard InChI is InChI=1S/C13H22N2O2/c1-10(9-16-3)7-14-8-12-6-13(17-4)5-11(2)15-12/h5-6,10,14H,7-9H2,1-4H3. The minimum Gasteiger partial charge on any atom is -0.497 e. The van der Waals surface area contributed by atoms with Crippen molar-refractivity contribution < 1.29 is 9.47 Å². The van der Waals surface area contributed by atoms with E-state index in [1.165, 1.54) is 0 Å². The number of aryl methyl sites for hydroxylation is 1. The molecule has 1 atom stereocenters. The Morgan fingerprint density at radius 3 is 2.76 bits per heavy atom. The Labute approximate surface area is 103 Å². The van der Waals surface area contributed by atoms with Crippen LogP contribution in [-0.4, -0.2) is 32.4 Å². The molecule has 0 saturated carbocycles. The first-order valence-electron chi connectivity index (χ1n) is 5.87. The summed E-state index contributed by atoms with van der Waals surface area (Å²) in [5.74, 6) is 1.37. The minimum atomic E-state index is 0.506. The lowest BCUT2D eigenvalue weighted by atomic mass is 10.2. The zero-order valence-electron chi connectivity index (χ0n) is 11.1. The molecule has 1 aromatic heterocycles. The highest BCUT2D eigenvalue weighted by Gasteiger charge is 2.03. The van der Waals surface area contributed by atoms with E-state index in [0.29, 0.717) is 5.92 Å². The van der Waals surface area contributed by atoms with Gasteiger partial charge in [0.1, 0.15) is 5.75 Å². The maximum Gasteiger partial charge on any atom is 0.122 e. The van der Waals surface area contributed by atoms with Gasteiger partial charge in [-0.1, -0.05) is 6.92 Å². The van der Waals surface area contributed by atoms with Gasteiger partial charge in [0, 0.05) is 44.6 Å². The predicted octanol–water partition coefficient (Wildman–Crippen LogP) is 1.77. The van der Waals surface area contributed by atoms with Crippen LogP contribution >= 0.6 is 0 Å². The molecular weight excluding hydrogens is 216 g/mol. The summed E-state index contributed by atoms with van der Waals surface area (Å²) in [6.07, 6.45) is 0. The fraction of sp³-hybridized carbons (Fsp3) is 0.615. The third kappa shape index (κ3) is 5.15. The molecule has 0 bridgehead atoms. The van der Waals surface area contributed by atoms with Gasteiger partial charge in [-0.3, -0.25) is 4.98 Å². The molecule has 0 aliphatic carbocycles. The van der Waals surface area contributed by atoms with Crippen molar-refractivity contribution in [3.8, 4) is 5.75 Å². The van der Waals surface area contributed by atoms with Crippen LogP contribution in [0.3, 0.4) is 0 Å². The van der Waals surface area contributed by atoms with E-state index in [2.05, 4.69) is 17.2 Å². The number of methoxy groups -OCH3 is 2. The van der Waals surface area contributed by atoms with Crippen molar-refractivity contribution in [2.24, 2.45) is 5.92 Å². The van der Waals surface area contributed by atoms with Crippen LogP contribution in [0.1, 0.15) is 18.3 Å². The van der Waals surface area contributed by atoms with E-state index < -0.39 is 0 Å². The Kier molecular flexibility index (Phi) is 5.94. The van der Waals surface area contributed by atoms with Gasteiger partial charge in [-0.05, 0) is 12.8 Å². The molecule has 0 spiro atoms. The van der Waals surface area contributed by atoms with Crippen LogP contribution in [0.2, 0.25) is 0 Å². The van der Waals surface area contributed by atoms with Crippen molar-refractivity contribution in [2.75, 3.05) is 27.4 Å². The maximum absolute atomic E-state index is 5.21. The maximum atomic E-state index is 5.21. The molecule has 0 amide bonds. The van der Waals surface area contributed by atoms with Crippen molar-refractivity contribution in [1.29, 1.82) is 0 Å². The summed E-state index contributed by atoms with van der Waals surface area (Å²) in [5, 5.41) is 3.37. The first kappa shape index (κ1) is 13.9. The highest BCUT2D eigenvalue weighted by molar-refractivity contribution is 5.26. The predicted molar refractivity (Wildman–Crippen MR) is 68.3 cm³/mol. The van der Waals surface area contributed by atoms with Gasteiger partial charge in [0.2, 0.25) is 0 Å². The fourth-order valence-electron chi connectivity index (χ4n) is 1.70. The van der Waals surface area contributed by atoms with Crippen LogP contribution in [0.25, 0.3) is 0 Å².